The Morgan fingerprint density at radius 2 is 1.37 bits per heavy atom. The molecule has 0 saturated heterocycles. The number of ether oxygens (including phenoxy) is 1. The Hall–Kier alpha value is -4.25. The second kappa shape index (κ2) is 7.64. The molecule has 5 rings (SSSR count). The highest BCUT2D eigenvalue weighted by atomic mass is 16.6. The smallest absolute Gasteiger partial charge is 0.363 e. The molecule has 1 aliphatic rings. The first-order valence-electron chi connectivity index (χ1n) is 9.56. The summed E-state index contributed by atoms with van der Waals surface area (Å²) in [5.41, 5.74) is 4.45. The molecular formula is C25H17N3O2. The average Bonchev–Trinajstić information content (AvgIpc) is 3.40. The van der Waals surface area contributed by atoms with Gasteiger partial charge in [0.15, 0.2) is 5.70 Å². The molecule has 0 aliphatic carbocycles. The van der Waals surface area contributed by atoms with E-state index in [1.54, 1.807) is 10.8 Å². The summed E-state index contributed by atoms with van der Waals surface area (Å²) in [6, 6.07) is 29.1. The minimum atomic E-state index is -0.472. The molecule has 4 aromatic rings. The number of aromatic nitrogens is 2. The summed E-state index contributed by atoms with van der Waals surface area (Å²) in [4.78, 5) is 16.9. The van der Waals surface area contributed by atoms with Crippen molar-refractivity contribution in [3.63, 3.8) is 0 Å². The summed E-state index contributed by atoms with van der Waals surface area (Å²) >= 11 is 0. The number of para-hydroxylation sites is 1. The van der Waals surface area contributed by atoms with Crippen molar-refractivity contribution >= 4 is 17.9 Å². The molecule has 0 saturated carbocycles. The monoisotopic (exact) mass is 391 g/mol. The predicted octanol–water partition coefficient (Wildman–Crippen LogP) is 4.88. The summed E-state index contributed by atoms with van der Waals surface area (Å²) in [5.74, 6) is -0.163. The number of cyclic esters (lactones) is 1. The van der Waals surface area contributed by atoms with Gasteiger partial charge in [-0.15, -0.1) is 0 Å². The lowest BCUT2D eigenvalue weighted by atomic mass is 10.1. The molecule has 0 fully saturated rings. The van der Waals surface area contributed by atoms with E-state index >= 15 is 0 Å². The van der Waals surface area contributed by atoms with E-state index in [4.69, 9.17) is 9.84 Å². The van der Waals surface area contributed by atoms with Crippen molar-refractivity contribution in [2.24, 2.45) is 4.99 Å². The van der Waals surface area contributed by atoms with Gasteiger partial charge in [-0.2, -0.15) is 5.10 Å². The molecule has 0 spiro atoms. The summed E-state index contributed by atoms with van der Waals surface area (Å²) in [6.07, 6.45) is 3.63. The molecule has 5 heteroatoms. The molecule has 144 valence electrons. The van der Waals surface area contributed by atoms with Gasteiger partial charge in [0.25, 0.3) is 0 Å². The van der Waals surface area contributed by atoms with Crippen LogP contribution in [0.5, 0.6) is 0 Å². The largest absolute Gasteiger partial charge is 0.402 e. The van der Waals surface area contributed by atoms with Gasteiger partial charge in [-0.05, 0) is 30.3 Å². The van der Waals surface area contributed by atoms with E-state index in [-0.39, 0.29) is 5.70 Å². The zero-order valence-corrected chi connectivity index (χ0v) is 16.0. The fourth-order valence-corrected chi connectivity index (χ4v) is 3.29. The molecule has 1 aromatic heterocycles. The minimum absolute atomic E-state index is 0.249. The Morgan fingerprint density at radius 3 is 2.03 bits per heavy atom. The van der Waals surface area contributed by atoms with E-state index in [1.807, 2.05) is 97.2 Å². The maximum atomic E-state index is 12.5. The van der Waals surface area contributed by atoms with E-state index in [9.17, 15) is 4.79 Å². The molecule has 0 atom stereocenters. The Kier molecular flexibility index (Phi) is 4.54. The molecule has 0 unspecified atom stereocenters. The van der Waals surface area contributed by atoms with Gasteiger partial charge in [-0.3, -0.25) is 0 Å². The predicted molar refractivity (Wildman–Crippen MR) is 116 cm³/mol. The van der Waals surface area contributed by atoms with Gasteiger partial charge in [0.2, 0.25) is 5.90 Å². The minimum Gasteiger partial charge on any atom is -0.402 e. The van der Waals surface area contributed by atoms with E-state index < -0.39 is 5.97 Å². The molecule has 30 heavy (non-hydrogen) atoms. The number of esters is 1. The SMILES string of the molecule is O=C1OC(c2ccccc2)=N/C1=C\c1cn(-c2ccccc2)nc1-c1ccccc1. The second-order valence-electron chi connectivity index (χ2n) is 6.78. The van der Waals surface area contributed by atoms with Crippen LogP contribution < -0.4 is 0 Å². The van der Waals surface area contributed by atoms with Crippen molar-refractivity contribution in [3.8, 4) is 16.9 Å². The molecule has 3 aromatic carbocycles. The lowest BCUT2D eigenvalue weighted by Gasteiger charge is -2.00. The first kappa shape index (κ1) is 17.8. The van der Waals surface area contributed by atoms with Crippen molar-refractivity contribution in [3.05, 3.63) is 114 Å². The molecule has 0 bridgehead atoms. The van der Waals surface area contributed by atoms with Crippen molar-refractivity contribution in [1.29, 1.82) is 0 Å². The summed E-state index contributed by atoms with van der Waals surface area (Å²) in [7, 11) is 0. The number of benzene rings is 3. The van der Waals surface area contributed by atoms with E-state index in [2.05, 4.69) is 4.99 Å². The van der Waals surface area contributed by atoms with Crippen LogP contribution >= 0.6 is 0 Å². The topological polar surface area (TPSA) is 56.5 Å². The Balaban J connectivity index is 1.60. The maximum Gasteiger partial charge on any atom is 0.363 e. The maximum absolute atomic E-state index is 12.5. The first-order valence-corrected chi connectivity index (χ1v) is 9.56. The second-order valence-corrected chi connectivity index (χ2v) is 6.78. The van der Waals surface area contributed by atoms with Gasteiger partial charge in [0.05, 0.1) is 5.69 Å². The van der Waals surface area contributed by atoms with Crippen molar-refractivity contribution in [1.82, 2.24) is 9.78 Å². The van der Waals surface area contributed by atoms with Gasteiger partial charge in [0, 0.05) is 22.9 Å². The molecule has 0 amide bonds. The number of hydrogen-bond donors (Lipinski definition) is 0. The van der Waals surface area contributed by atoms with Crippen molar-refractivity contribution < 1.29 is 9.53 Å². The highest BCUT2D eigenvalue weighted by Crippen LogP contribution is 2.27. The highest BCUT2D eigenvalue weighted by Gasteiger charge is 2.25. The Labute approximate surface area is 173 Å². The molecular weight excluding hydrogens is 374 g/mol. The number of aliphatic imine (C=N–C) groups is 1. The van der Waals surface area contributed by atoms with E-state index in [0.29, 0.717) is 5.90 Å². The van der Waals surface area contributed by atoms with Crippen LogP contribution in [-0.4, -0.2) is 21.6 Å². The Bertz CT molecular complexity index is 1260. The molecule has 2 heterocycles. The summed E-state index contributed by atoms with van der Waals surface area (Å²) in [5, 5.41) is 4.77. The molecule has 5 nitrogen and oxygen atoms in total. The summed E-state index contributed by atoms with van der Waals surface area (Å²) < 4.78 is 7.19. The van der Waals surface area contributed by atoms with Gasteiger partial charge < -0.3 is 4.74 Å². The van der Waals surface area contributed by atoms with Crippen LogP contribution in [0, 0.1) is 0 Å². The third-order valence-corrected chi connectivity index (χ3v) is 4.74. The number of carbonyl (C=O) groups is 1. The van der Waals surface area contributed by atoms with E-state index in [0.717, 1.165) is 28.1 Å². The quantitative estimate of drug-likeness (QED) is 0.368. The van der Waals surface area contributed by atoms with Gasteiger partial charge in [-0.1, -0.05) is 66.7 Å². The van der Waals surface area contributed by atoms with Crippen LogP contribution in [-0.2, 0) is 9.53 Å². The average molecular weight is 391 g/mol. The van der Waals surface area contributed by atoms with Crippen LogP contribution in [0.25, 0.3) is 23.0 Å². The number of rotatable bonds is 4. The lowest BCUT2D eigenvalue weighted by Crippen LogP contribution is -2.04. The third-order valence-electron chi connectivity index (χ3n) is 4.74. The van der Waals surface area contributed by atoms with Crippen molar-refractivity contribution in [2.75, 3.05) is 0 Å². The zero-order valence-electron chi connectivity index (χ0n) is 16.0. The summed E-state index contributed by atoms with van der Waals surface area (Å²) in [6.45, 7) is 0. The molecule has 0 N–H and O–H groups in total. The first-order chi connectivity index (χ1) is 14.8. The van der Waals surface area contributed by atoms with Gasteiger partial charge in [-0.25, -0.2) is 14.5 Å². The fraction of sp³-hybridized carbons (Fsp3) is 0. The number of carbonyl (C=O) groups excluding carboxylic acids is 1. The van der Waals surface area contributed by atoms with Crippen LogP contribution in [0.15, 0.2) is 108 Å². The normalized spacial score (nSPS) is 14.6. The van der Waals surface area contributed by atoms with Gasteiger partial charge >= 0.3 is 5.97 Å². The number of hydrogen-bond acceptors (Lipinski definition) is 4. The van der Waals surface area contributed by atoms with Crippen LogP contribution in [0.2, 0.25) is 0 Å². The third kappa shape index (κ3) is 3.44. The highest BCUT2D eigenvalue weighted by molar-refractivity contribution is 6.13. The molecule has 0 radical (unpaired) electrons. The Morgan fingerprint density at radius 1 is 0.767 bits per heavy atom. The standard InChI is InChI=1S/C25H17N3O2/c29-25-22(26-24(30-25)19-12-6-2-7-13-19)16-20-17-28(21-14-8-3-9-15-21)27-23(20)18-10-4-1-5-11-18/h1-17H/b22-16-. The lowest BCUT2D eigenvalue weighted by molar-refractivity contribution is -0.129. The number of nitrogens with zero attached hydrogens (tertiary/aromatic N) is 3. The fourth-order valence-electron chi connectivity index (χ4n) is 3.29. The van der Waals surface area contributed by atoms with Crippen LogP contribution in [0.3, 0.4) is 0 Å². The van der Waals surface area contributed by atoms with E-state index in [1.165, 1.54) is 0 Å². The zero-order chi connectivity index (χ0) is 20.3. The van der Waals surface area contributed by atoms with Crippen LogP contribution in [0.4, 0.5) is 0 Å². The van der Waals surface area contributed by atoms with Crippen molar-refractivity contribution in [2.45, 2.75) is 0 Å². The van der Waals surface area contributed by atoms with Crippen LogP contribution in [0.1, 0.15) is 11.1 Å². The molecule has 1 aliphatic heterocycles. The van der Waals surface area contributed by atoms with Gasteiger partial charge in [0.1, 0.15) is 5.69 Å².